The van der Waals surface area contributed by atoms with E-state index in [4.69, 9.17) is 11.5 Å². The summed E-state index contributed by atoms with van der Waals surface area (Å²) in [7, 11) is 0. The highest BCUT2D eigenvalue weighted by Gasteiger charge is 2.34. The standard InChI is InChI=1S/C29H32FN5O3/c1-29(2,32)27(37)34-24-13-11-20-15-22(30)12-14-25(20)35(26(24)36)17-18-7-9-19(10-8-18)23-6-4-3-5-21(23)16-33-28(31)38/h3-10,12,14-15,24H,11,13,16-17,32H2,1-2H3,(H,34,37)(H3,31,33,38)/t24-/m1/s1. The molecule has 0 aromatic heterocycles. The molecule has 3 aromatic rings. The fourth-order valence-corrected chi connectivity index (χ4v) is 4.50. The zero-order valence-electron chi connectivity index (χ0n) is 21.5. The zero-order valence-corrected chi connectivity index (χ0v) is 21.5. The van der Waals surface area contributed by atoms with Crippen molar-refractivity contribution in [3.8, 4) is 11.1 Å². The van der Waals surface area contributed by atoms with Crippen LogP contribution in [0.2, 0.25) is 0 Å². The minimum Gasteiger partial charge on any atom is -0.352 e. The van der Waals surface area contributed by atoms with E-state index in [9.17, 15) is 18.8 Å². The van der Waals surface area contributed by atoms with Crippen LogP contribution in [0.25, 0.3) is 11.1 Å². The first-order chi connectivity index (χ1) is 18.0. The van der Waals surface area contributed by atoms with Crippen LogP contribution in [-0.2, 0) is 29.1 Å². The summed E-state index contributed by atoms with van der Waals surface area (Å²) >= 11 is 0. The number of urea groups is 1. The van der Waals surface area contributed by atoms with Crippen LogP contribution in [0, 0.1) is 5.82 Å². The number of nitrogens with one attached hydrogen (secondary N) is 2. The summed E-state index contributed by atoms with van der Waals surface area (Å²) in [6, 6.07) is 18.4. The molecule has 38 heavy (non-hydrogen) atoms. The van der Waals surface area contributed by atoms with E-state index in [1.807, 2.05) is 48.5 Å². The third-order valence-corrected chi connectivity index (χ3v) is 6.57. The van der Waals surface area contributed by atoms with Gasteiger partial charge in [-0.15, -0.1) is 0 Å². The Balaban J connectivity index is 1.61. The van der Waals surface area contributed by atoms with Gasteiger partial charge in [-0.05, 0) is 72.7 Å². The number of carbonyl (C=O) groups is 3. The maximum atomic E-state index is 14.1. The van der Waals surface area contributed by atoms with Crippen LogP contribution in [-0.4, -0.2) is 29.4 Å². The lowest BCUT2D eigenvalue weighted by atomic mass is 9.98. The molecular weight excluding hydrogens is 485 g/mol. The predicted octanol–water partition coefficient (Wildman–Crippen LogP) is 3.36. The summed E-state index contributed by atoms with van der Waals surface area (Å²) in [4.78, 5) is 39.0. The van der Waals surface area contributed by atoms with Gasteiger partial charge in [0.05, 0.1) is 12.1 Å². The SMILES string of the molecule is CC(C)(N)C(=O)N[C@@H]1CCc2cc(F)ccc2N(Cc2ccc(-c3ccccc3CNC(N)=O)cc2)C1=O. The molecule has 0 fully saturated rings. The Morgan fingerprint density at radius 2 is 1.79 bits per heavy atom. The molecule has 198 valence electrons. The summed E-state index contributed by atoms with van der Waals surface area (Å²) in [5, 5.41) is 5.40. The van der Waals surface area contributed by atoms with Crippen LogP contribution in [0.3, 0.4) is 0 Å². The van der Waals surface area contributed by atoms with Gasteiger partial charge in [-0.1, -0.05) is 48.5 Å². The number of anilines is 1. The van der Waals surface area contributed by atoms with E-state index in [-0.39, 0.29) is 18.3 Å². The second-order valence-electron chi connectivity index (χ2n) is 10.1. The van der Waals surface area contributed by atoms with E-state index in [0.717, 1.165) is 22.3 Å². The van der Waals surface area contributed by atoms with Gasteiger partial charge >= 0.3 is 6.03 Å². The molecule has 8 nitrogen and oxygen atoms in total. The molecule has 9 heteroatoms. The van der Waals surface area contributed by atoms with Crippen molar-refractivity contribution in [2.24, 2.45) is 11.5 Å². The first-order valence-corrected chi connectivity index (χ1v) is 12.4. The minimum atomic E-state index is -1.14. The van der Waals surface area contributed by atoms with E-state index >= 15 is 0 Å². The van der Waals surface area contributed by atoms with Crippen molar-refractivity contribution in [3.05, 3.63) is 89.2 Å². The lowest BCUT2D eigenvalue weighted by Gasteiger charge is -2.28. The number of benzene rings is 3. The van der Waals surface area contributed by atoms with E-state index in [2.05, 4.69) is 10.6 Å². The van der Waals surface area contributed by atoms with Gasteiger partial charge in [0.1, 0.15) is 11.9 Å². The van der Waals surface area contributed by atoms with Crippen LogP contribution in [0.1, 0.15) is 37.0 Å². The number of primary amides is 1. The van der Waals surface area contributed by atoms with Crippen molar-refractivity contribution in [3.63, 3.8) is 0 Å². The molecule has 0 aliphatic carbocycles. The van der Waals surface area contributed by atoms with Crippen LogP contribution >= 0.6 is 0 Å². The van der Waals surface area contributed by atoms with Gasteiger partial charge in [-0.3, -0.25) is 9.59 Å². The lowest BCUT2D eigenvalue weighted by molar-refractivity contribution is -0.130. The Hall–Kier alpha value is -4.24. The Labute approximate surface area is 221 Å². The summed E-state index contributed by atoms with van der Waals surface area (Å²) in [6.07, 6.45) is 0.767. The second kappa shape index (κ2) is 11.0. The predicted molar refractivity (Wildman–Crippen MR) is 144 cm³/mol. The monoisotopic (exact) mass is 517 g/mol. The second-order valence-corrected chi connectivity index (χ2v) is 10.1. The number of hydrogen-bond donors (Lipinski definition) is 4. The molecule has 1 heterocycles. The van der Waals surface area contributed by atoms with Gasteiger partial charge in [0, 0.05) is 12.2 Å². The number of halogens is 1. The van der Waals surface area contributed by atoms with Crippen molar-refractivity contribution < 1.29 is 18.8 Å². The van der Waals surface area contributed by atoms with Crippen LogP contribution < -0.4 is 27.0 Å². The summed E-state index contributed by atoms with van der Waals surface area (Å²) in [6.45, 7) is 3.70. The normalized spacial score (nSPS) is 15.4. The number of nitrogens with zero attached hydrogens (tertiary/aromatic N) is 1. The molecule has 0 radical (unpaired) electrons. The third-order valence-electron chi connectivity index (χ3n) is 6.57. The molecule has 0 saturated carbocycles. The van der Waals surface area contributed by atoms with E-state index in [1.165, 1.54) is 12.1 Å². The summed E-state index contributed by atoms with van der Waals surface area (Å²) in [5.41, 5.74) is 15.0. The van der Waals surface area contributed by atoms with Gasteiger partial charge < -0.3 is 27.0 Å². The van der Waals surface area contributed by atoms with Gasteiger partial charge in [-0.2, -0.15) is 0 Å². The average molecular weight is 518 g/mol. The van der Waals surface area contributed by atoms with Crippen molar-refractivity contribution in [2.75, 3.05) is 4.90 Å². The fraction of sp³-hybridized carbons (Fsp3) is 0.276. The van der Waals surface area contributed by atoms with Crippen molar-refractivity contribution in [1.29, 1.82) is 0 Å². The molecule has 0 bridgehead atoms. The first-order valence-electron chi connectivity index (χ1n) is 12.4. The lowest BCUT2D eigenvalue weighted by Crippen LogP contribution is -2.56. The molecule has 0 saturated heterocycles. The van der Waals surface area contributed by atoms with Crippen LogP contribution in [0.4, 0.5) is 14.9 Å². The smallest absolute Gasteiger partial charge is 0.312 e. The summed E-state index contributed by atoms with van der Waals surface area (Å²) in [5.74, 6) is -1.09. The molecule has 4 rings (SSSR count). The van der Waals surface area contributed by atoms with E-state index in [1.54, 1.807) is 24.8 Å². The largest absolute Gasteiger partial charge is 0.352 e. The molecule has 0 unspecified atom stereocenters. The molecule has 6 N–H and O–H groups in total. The van der Waals surface area contributed by atoms with Gasteiger partial charge in [0.15, 0.2) is 0 Å². The van der Waals surface area contributed by atoms with E-state index in [0.29, 0.717) is 30.6 Å². The number of aryl methyl sites for hydroxylation is 1. The van der Waals surface area contributed by atoms with Gasteiger partial charge in [0.2, 0.25) is 11.8 Å². The van der Waals surface area contributed by atoms with Gasteiger partial charge in [0.25, 0.3) is 0 Å². The van der Waals surface area contributed by atoms with Crippen LogP contribution in [0.5, 0.6) is 0 Å². The Morgan fingerprint density at radius 3 is 2.47 bits per heavy atom. The summed E-state index contributed by atoms with van der Waals surface area (Å²) < 4.78 is 14.1. The number of rotatable bonds is 7. The van der Waals surface area contributed by atoms with Crippen LogP contribution in [0.15, 0.2) is 66.7 Å². The average Bonchev–Trinajstić information content (AvgIpc) is 2.99. The fourth-order valence-electron chi connectivity index (χ4n) is 4.50. The van der Waals surface area contributed by atoms with Gasteiger partial charge in [-0.25, -0.2) is 9.18 Å². The maximum Gasteiger partial charge on any atom is 0.312 e. The van der Waals surface area contributed by atoms with Crippen molar-refractivity contribution >= 4 is 23.5 Å². The quantitative estimate of drug-likeness (QED) is 0.383. The van der Waals surface area contributed by atoms with Crippen molar-refractivity contribution in [1.82, 2.24) is 10.6 Å². The number of fused-ring (bicyclic) bond motifs is 1. The highest BCUT2D eigenvalue weighted by Crippen LogP contribution is 2.30. The maximum absolute atomic E-state index is 14.1. The molecule has 3 aromatic carbocycles. The Bertz CT molecular complexity index is 1350. The first kappa shape index (κ1) is 26.8. The highest BCUT2D eigenvalue weighted by atomic mass is 19.1. The molecule has 1 aliphatic heterocycles. The molecule has 0 spiro atoms. The Kier molecular flexibility index (Phi) is 7.78. The topological polar surface area (TPSA) is 131 Å². The zero-order chi connectivity index (χ0) is 27.4. The van der Waals surface area contributed by atoms with Crippen molar-refractivity contribution in [2.45, 2.75) is 51.4 Å². The van der Waals surface area contributed by atoms with E-state index < -0.39 is 23.5 Å². The number of hydrogen-bond acceptors (Lipinski definition) is 4. The molecule has 4 amide bonds. The minimum absolute atomic E-state index is 0.237. The molecule has 1 aliphatic rings. The Morgan fingerprint density at radius 1 is 1.08 bits per heavy atom. The molecular formula is C29H32FN5O3. The number of amides is 4. The third kappa shape index (κ3) is 6.18. The highest BCUT2D eigenvalue weighted by molar-refractivity contribution is 6.01. The molecule has 1 atom stereocenters. The number of carbonyl (C=O) groups excluding carboxylic acids is 3. The number of nitrogens with two attached hydrogens (primary N) is 2.